The van der Waals surface area contributed by atoms with Crippen molar-refractivity contribution in [3.63, 3.8) is 0 Å². The highest BCUT2D eigenvalue weighted by atomic mass is 32.2. The molecule has 0 aromatic carbocycles. The Balaban J connectivity index is 2.59. The van der Waals surface area contributed by atoms with Gasteiger partial charge in [0.1, 0.15) is 0 Å². The van der Waals surface area contributed by atoms with Crippen molar-refractivity contribution in [2.75, 3.05) is 12.3 Å². The highest BCUT2D eigenvalue weighted by Crippen LogP contribution is 2.27. The van der Waals surface area contributed by atoms with Crippen LogP contribution in [0.25, 0.3) is 0 Å². The Morgan fingerprint density at radius 1 is 1.20 bits per heavy atom. The zero-order valence-corrected chi connectivity index (χ0v) is 13.3. The van der Waals surface area contributed by atoms with Crippen molar-refractivity contribution in [1.82, 2.24) is 4.72 Å². The molecule has 1 saturated carbocycles. The van der Waals surface area contributed by atoms with Crippen molar-refractivity contribution in [3.8, 4) is 0 Å². The van der Waals surface area contributed by atoms with Gasteiger partial charge >= 0.3 is 5.97 Å². The predicted molar refractivity (Wildman–Crippen MR) is 79.0 cm³/mol. The molecular formula is C14H27NO4S. The van der Waals surface area contributed by atoms with Crippen LogP contribution >= 0.6 is 0 Å². The summed E-state index contributed by atoms with van der Waals surface area (Å²) in [6.07, 6.45) is 6.17. The van der Waals surface area contributed by atoms with Crippen LogP contribution in [0.2, 0.25) is 0 Å². The van der Waals surface area contributed by atoms with Gasteiger partial charge in [-0.15, -0.1) is 0 Å². The van der Waals surface area contributed by atoms with Crippen LogP contribution in [0.15, 0.2) is 0 Å². The normalized spacial score (nSPS) is 18.1. The second-order valence-corrected chi connectivity index (χ2v) is 7.75. The number of aliphatic carboxylic acids is 1. The summed E-state index contributed by atoms with van der Waals surface area (Å²) in [6, 6.07) is 0. The quantitative estimate of drug-likeness (QED) is 0.721. The third-order valence-corrected chi connectivity index (χ3v) is 6.11. The molecule has 118 valence electrons. The molecule has 1 aliphatic carbocycles. The third-order valence-electron chi connectivity index (χ3n) is 4.62. The SMILES string of the molecule is CCC(CC)(CNS(=O)(=O)CC1CCCCC1)C(=O)O. The van der Waals surface area contributed by atoms with Crippen LogP contribution in [0.4, 0.5) is 0 Å². The minimum Gasteiger partial charge on any atom is -0.481 e. The van der Waals surface area contributed by atoms with Crippen molar-refractivity contribution in [3.05, 3.63) is 0 Å². The molecule has 0 aromatic heterocycles. The summed E-state index contributed by atoms with van der Waals surface area (Å²) in [4.78, 5) is 11.4. The first-order chi connectivity index (χ1) is 9.35. The lowest BCUT2D eigenvalue weighted by Gasteiger charge is -2.27. The van der Waals surface area contributed by atoms with Crippen molar-refractivity contribution >= 4 is 16.0 Å². The molecule has 0 heterocycles. The van der Waals surface area contributed by atoms with Gasteiger partial charge in [-0.1, -0.05) is 33.1 Å². The van der Waals surface area contributed by atoms with Crippen LogP contribution in [0.1, 0.15) is 58.8 Å². The fourth-order valence-corrected chi connectivity index (χ4v) is 4.42. The Morgan fingerprint density at radius 2 is 1.75 bits per heavy atom. The Labute approximate surface area is 122 Å². The first-order valence-electron chi connectivity index (χ1n) is 7.56. The van der Waals surface area contributed by atoms with E-state index in [0.717, 1.165) is 25.7 Å². The Bertz CT molecular complexity index is 409. The average molecular weight is 305 g/mol. The summed E-state index contributed by atoms with van der Waals surface area (Å²) in [5.74, 6) is -0.567. The van der Waals surface area contributed by atoms with Crippen molar-refractivity contribution in [1.29, 1.82) is 0 Å². The van der Waals surface area contributed by atoms with E-state index in [-0.39, 0.29) is 18.2 Å². The molecule has 0 aliphatic heterocycles. The van der Waals surface area contributed by atoms with Crippen LogP contribution in [0, 0.1) is 11.3 Å². The number of hydrogen-bond acceptors (Lipinski definition) is 3. The third kappa shape index (κ3) is 4.74. The van der Waals surface area contributed by atoms with Gasteiger partial charge in [-0.2, -0.15) is 0 Å². The summed E-state index contributed by atoms with van der Waals surface area (Å²) in [7, 11) is -3.38. The molecule has 0 radical (unpaired) electrons. The van der Waals surface area contributed by atoms with Gasteiger partial charge in [0.15, 0.2) is 0 Å². The summed E-state index contributed by atoms with van der Waals surface area (Å²) in [6.45, 7) is 3.56. The second kappa shape index (κ2) is 7.41. The molecule has 1 aliphatic rings. The minimum atomic E-state index is -3.38. The maximum atomic E-state index is 12.1. The lowest BCUT2D eigenvalue weighted by atomic mass is 9.83. The fraction of sp³-hybridized carbons (Fsp3) is 0.929. The average Bonchev–Trinajstić information content (AvgIpc) is 2.40. The van der Waals surface area contributed by atoms with Crippen LogP contribution in [0.3, 0.4) is 0 Å². The Kier molecular flexibility index (Phi) is 6.45. The number of sulfonamides is 1. The van der Waals surface area contributed by atoms with Gasteiger partial charge in [-0.05, 0) is 31.6 Å². The molecule has 20 heavy (non-hydrogen) atoms. The molecule has 1 fully saturated rings. The van der Waals surface area contributed by atoms with Gasteiger partial charge in [0.2, 0.25) is 10.0 Å². The van der Waals surface area contributed by atoms with Crippen LogP contribution in [0.5, 0.6) is 0 Å². The maximum absolute atomic E-state index is 12.1. The molecule has 1 rings (SSSR count). The molecule has 6 heteroatoms. The number of rotatable bonds is 8. The molecule has 0 unspecified atom stereocenters. The van der Waals surface area contributed by atoms with Crippen molar-refractivity contribution in [2.45, 2.75) is 58.8 Å². The largest absolute Gasteiger partial charge is 0.481 e. The van der Waals surface area contributed by atoms with Crippen molar-refractivity contribution in [2.24, 2.45) is 11.3 Å². The maximum Gasteiger partial charge on any atom is 0.310 e. The Hall–Kier alpha value is -0.620. The van der Waals surface area contributed by atoms with Gasteiger partial charge < -0.3 is 5.11 Å². The van der Waals surface area contributed by atoms with Gasteiger partial charge in [0.25, 0.3) is 0 Å². The zero-order valence-electron chi connectivity index (χ0n) is 12.5. The zero-order chi connectivity index (χ0) is 15.2. The first-order valence-corrected chi connectivity index (χ1v) is 9.21. The molecule has 0 spiro atoms. The highest BCUT2D eigenvalue weighted by molar-refractivity contribution is 7.89. The van der Waals surface area contributed by atoms with E-state index in [1.807, 2.05) is 0 Å². The number of nitrogens with one attached hydrogen (secondary N) is 1. The summed E-state index contributed by atoms with van der Waals surface area (Å²) < 4.78 is 26.7. The van der Waals surface area contributed by atoms with Crippen LogP contribution in [-0.2, 0) is 14.8 Å². The van der Waals surface area contributed by atoms with Crippen molar-refractivity contribution < 1.29 is 18.3 Å². The molecule has 0 bridgehead atoms. The molecular weight excluding hydrogens is 278 g/mol. The molecule has 2 N–H and O–H groups in total. The minimum absolute atomic E-state index is 0.00954. The topological polar surface area (TPSA) is 83.5 Å². The summed E-state index contributed by atoms with van der Waals surface area (Å²) in [5, 5.41) is 9.31. The fourth-order valence-electron chi connectivity index (χ4n) is 2.85. The number of carboxylic acids is 1. The number of carboxylic acid groups (broad SMARTS) is 1. The van der Waals surface area contributed by atoms with E-state index in [2.05, 4.69) is 4.72 Å². The van der Waals surface area contributed by atoms with E-state index in [4.69, 9.17) is 0 Å². The number of hydrogen-bond donors (Lipinski definition) is 2. The smallest absolute Gasteiger partial charge is 0.310 e. The van der Waals surface area contributed by atoms with Gasteiger partial charge in [0.05, 0.1) is 11.2 Å². The van der Waals surface area contributed by atoms with E-state index in [1.165, 1.54) is 6.42 Å². The summed E-state index contributed by atoms with van der Waals surface area (Å²) >= 11 is 0. The lowest BCUT2D eigenvalue weighted by molar-refractivity contribution is -0.149. The van der Waals surface area contributed by atoms with Gasteiger partial charge in [-0.25, -0.2) is 13.1 Å². The van der Waals surface area contributed by atoms with E-state index in [1.54, 1.807) is 13.8 Å². The van der Waals surface area contributed by atoms with E-state index in [0.29, 0.717) is 12.8 Å². The van der Waals surface area contributed by atoms with E-state index in [9.17, 15) is 18.3 Å². The summed E-state index contributed by atoms with van der Waals surface area (Å²) in [5.41, 5.74) is -0.986. The first kappa shape index (κ1) is 17.4. The molecule has 0 amide bonds. The Morgan fingerprint density at radius 3 is 2.20 bits per heavy atom. The van der Waals surface area contributed by atoms with Crippen LogP contribution < -0.4 is 4.72 Å². The highest BCUT2D eigenvalue weighted by Gasteiger charge is 2.36. The molecule has 5 nitrogen and oxygen atoms in total. The second-order valence-electron chi connectivity index (χ2n) is 5.90. The van der Waals surface area contributed by atoms with Crippen LogP contribution in [-0.4, -0.2) is 31.8 Å². The predicted octanol–water partition coefficient (Wildman–Crippen LogP) is 2.38. The molecule has 0 aromatic rings. The molecule has 0 saturated heterocycles. The monoisotopic (exact) mass is 305 g/mol. The standard InChI is InChI=1S/C14H27NO4S/c1-3-14(4-2,13(16)17)11-15-20(18,19)10-12-8-6-5-7-9-12/h12,15H,3-11H2,1-2H3,(H,16,17). The van der Waals surface area contributed by atoms with E-state index < -0.39 is 21.4 Å². The van der Waals surface area contributed by atoms with E-state index >= 15 is 0 Å². The van der Waals surface area contributed by atoms with Gasteiger partial charge in [-0.3, -0.25) is 4.79 Å². The lowest BCUT2D eigenvalue weighted by Crippen LogP contribution is -2.43. The van der Waals surface area contributed by atoms with Gasteiger partial charge in [0, 0.05) is 6.54 Å². The molecule has 0 atom stereocenters. The number of carbonyl (C=O) groups is 1.